The Balaban J connectivity index is 1.60. The second-order valence-electron chi connectivity index (χ2n) is 6.31. The zero-order valence-corrected chi connectivity index (χ0v) is 15.4. The van der Waals surface area contributed by atoms with Gasteiger partial charge in [-0.25, -0.2) is 0 Å². The van der Waals surface area contributed by atoms with Gasteiger partial charge in [-0.05, 0) is 30.2 Å². The Morgan fingerprint density at radius 1 is 1.04 bits per heavy atom. The Labute approximate surface area is 158 Å². The Morgan fingerprint density at radius 3 is 2.52 bits per heavy atom. The van der Waals surface area contributed by atoms with Gasteiger partial charge in [-0.3, -0.25) is 9.89 Å². The maximum absolute atomic E-state index is 12.6. The molecular weight excluding hydrogens is 342 g/mol. The molecule has 0 aliphatic heterocycles. The number of rotatable bonds is 8. The van der Waals surface area contributed by atoms with Gasteiger partial charge in [0.15, 0.2) is 0 Å². The van der Waals surface area contributed by atoms with Crippen molar-refractivity contribution in [2.24, 2.45) is 0 Å². The number of H-pyrrole nitrogens is 1. The molecule has 0 radical (unpaired) electrons. The highest BCUT2D eigenvalue weighted by molar-refractivity contribution is 6.05. The molecule has 0 unspecified atom stereocenters. The van der Waals surface area contributed by atoms with Crippen molar-refractivity contribution in [1.82, 2.24) is 10.2 Å². The highest BCUT2D eigenvalue weighted by atomic mass is 16.5. The van der Waals surface area contributed by atoms with Crippen LogP contribution in [0.3, 0.4) is 0 Å². The number of anilines is 1. The number of hydrogen-bond acceptors (Lipinski definition) is 4. The van der Waals surface area contributed by atoms with Gasteiger partial charge < -0.3 is 14.8 Å². The number of benzene rings is 2. The molecule has 27 heavy (non-hydrogen) atoms. The van der Waals surface area contributed by atoms with Crippen LogP contribution in [0, 0.1) is 0 Å². The SMILES string of the molecule is CC(C)c1[nH]ncc1C(=O)Nc1ccccc1OCCOc1ccccc1. The normalized spacial score (nSPS) is 10.6. The third-order valence-electron chi connectivity index (χ3n) is 3.98. The number of carbonyl (C=O) groups excluding carboxylic acids is 1. The van der Waals surface area contributed by atoms with Gasteiger partial charge in [0, 0.05) is 0 Å². The lowest BCUT2D eigenvalue weighted by molar-refractivity contribution is 0.102. The van der Waals surface area contributed by atoms with Crippen molar-refractivity contribution in [2.45, 2.75) is 19.8 Å². The van der Waals surface area contributed by atoms with Crippen LogP contribution in [-0.4, -0.2) is 29.3 Å². The van der Waals surface area contributed by atoms with Crippen molar-refractivity contribution < 1.29 is 14.3 Å². The van der Waals surface area contributed by atoms with E-state index in [0.29, 0.717) is 30.2 Å². The maximum atomic E-state index is 12.6. The molecule has 140 valence electrons. The molecule has 0 aliphatic carbocycles. The first-order valence-electron chi connectivity index (χ1n) is 8.89. The minimum Gasteiger partial charge on any atom is -0.490 e. The highest BCUT2D eigenvalue weighted by Gasteiger charge is 2.17. The number of hydrogen-bond donors (Lipinski definition) is 2. The van der Waals surface area contributed by atoms with E-state index < -0.39 is 0 Å². The molecular formula is C21H23N3O3. The number of aromatic nitrogens is 2. The molecule has 0 aliphatic rings. The quantitative estimate of drug-likeness (QED) is 0.585. The third-order valence-corrected chi connectivity index (χ3v) is 3.98. The van der Waals surface area contributed by atoms with Crippen LogP contribution in [0.25, 0.3) is 0 Å². The third kappa shape index (κ3) is 4.88. The molecule has 0 saturated carbocycles. The van der Waals surface area contributed by atoms with Gasteiger partial charge in [0.1, 0.15) is 24.7 Å². The van der Waals surface area contributed by atoms with E-state index >= 15 is 0 Å². The molecule has 6 nitrogen and oxygen atoms in total. The van der Waals surface area contributed by atoms with Gasteiger partial charge >= 0.3 is 0 Å². The first-order valence-corrected chi connectivity index (χ1v) is 8.89. The predicted molar refractivity (Wildman–Crippen MR) is 105 cm³/mol. The lowest BCUT2D eigenvalue weighted by Gasteiger charge is -2.13. The van der Waals surface area contributed by atoms with Crippen molar-refractivity contribution in [1.29, 1.82) is 0 Å². The molecule has 1 heterocycles. The maximum Gasteiger partial charge on any atom is 0.259 e. The molecule has 0 atom stereocenters. The summed E-state index contributed by atoms with van der Waals surface area (Å²) in [5.74, 6) is 1.35. The number of ether oxygens (including phenoxy) is 2. The standard InChI is InChI=1S/C21H23N3O3/c1-15(2)20-17(14-22-24-20)21(25)23-18-10-6-7-11-19(18)27-13-12-26-16-8-4-3-5-9-16/h3-11,14-15H,12-13H2,1-2H3,(H,22,24)(H,23,25). The van der Waals surface area contributed by atoms with Crippen molar-refractivity contribution in [2.75, 3.05) is 18.5 Å². The summed E-state index contributed by atoms with van der Waals surface area (Å²) >= 11 is 0. The molecule has 0 fully saturated rings. The van der Waals surface area contributed by atoms with Crippen molar-refractivity contribution in [3.05, 3.63) is 72.1 Å². The van der Waals surface area contributed by atoms with Crippen LogP contribution < -0.4 is 14.8 Å². The molecule has 2 N–H and O–H groups in total. The lowest BCUT2D eigenvalue weighted by Crippen LogP contribution is -2.15. The summed E-state index contributed by atoms with van der Waals surface area (Å²) in [4.78, 5) is 12.6. The summed E-state index contributed by atoms with van der Waals surface area (Å²) in [5.41, 5.74) is 1.95. The average Bonchev–Trinajstić information content (AvgIpc) is 3.18. The van der Waals surface area contributed by atoms with Gasteiger partial charge in [0.25, 0.3) is 5.91 Å². The Kier molecular flexibility index (Phi) is 6.10. The molecule has 2 aromatic carbocycles. The zero-order valence-electron chi connectivity index (χ0n) is 15.4. The summed E-state index contributed by atoms with van der Waals surface area (Å²) in [6, 6.07) is 16.9. The molecule has 1 amide bonds. The van der Waals surface area contributed by atoms with Gasteiger partial charge in [-0.2, -0.15) is 5.10 Å². The fourth-order valence-corrected chi connectivity index (χ4v) is 2.63. The van der Waals surface area contributed by atoms with Crippen LogP contribution in [0.5, 0.6) is 11.5 Å². The molecule has 0 bridgehead atoms. The number of nitrogens with one attached hydrogen (secondary N) is 2. The van der Waals surface area contributed by atoms with Gasteiger partial charge in [-0.1, -0.05) is 44.2 Å². The topological polar surface area (TPSA) is 76.2 Å². The fraction of sp³-hybridized carbons (Fsp3) is 0.238. The Morgan fingerprint density at radius 2 is 1.74 bits per heavy atom. The first kappa shape index (κ1) is 18.5. The summed E-state index contributed by atoms with van der Waals surface area (Å²) in [7, 11) is 0. The van der Waals surface area contributed by atoms with Crippen molar-refractivity contribution in [3.63, 3.8) is 0 Å². The summed E-state index contributed by atoms with van der Waals surface area (Å²) in [5, 5.41) is 9.77. The van der Waals surface area contributed by atoms with Crippen LogP contribution in [0.1, 0.15) is 35.8 Å². The van der Waals surface area contributed by atoms with Gasteiger partial charge in [0.2, 0.25) is 0 Å². The summed E-state index contributed by atoms with van der Waals surface area (Å²) < 4.78 is 11.4. The smallest absolute Gasteiger partial charge is 0.259 e. The van der Waals surface area contributed by atoms with E-state index in [0.717, 1.165) is 11.4 Å². The van der Waals surface area contributed by atoms with E-state index in [1.54, 1.807) is 12.3 Å². The molecule has 1 aromatic heterocycles. The van der Waals surface area contributed by atoms with E-state index in [9.17, 15) is 4.79 Å². The number of para-hydroxylation sites is 3. The van der Waals surface area contributed by atoms with Crippen LogP contribution in [0.15, 0.2) is 60.8 Å². The average molecular weight is 365 g/mol. The molecule has 3 rings (SSSR count). The lowest BCUT2D eigenvalue weighted by atomic mass is 10.1. The molecule has 6 heteroatoms. The summed E-state index contributed by atoms with van der Waals surface area (Å²) in [6.07, 6.45) is 1.54. The van der Waals surface area contributed by atoms with E-state index in [1.165, 1.54) is 0 Å². The number of aromatic amines is 1. The first-order chi connectivity index (χ1) is 13.1. The molecule has 3 aromatic rings. The van der Waals surface area contributed by atoms with Crippen LogP contribution in [0.2, 0.25) is 0 Å². The minimum absolute atomic E-state index is 0.176. The highest BCUT2D eigenvalue weighted by Crippen LogP contribution is 2.25. The summed E-state index contributed by atoms with van der Waals surface area (Å²) in [6.45, 7) is 4.79. The van der Waals surface area contributed by atoms with Crippen LogP contribution >= 0.6 is 0 Å². The number of amides is 1. The van der Waals surface area contributed by atoms with Gasteiger partial charge in [0.05, 0.1) is 23.1 Å². The number of carbonyl (C=O) groups is 1. The predicted octanol–water partition coefficient (Wildman–Crippen LogP) is 4.24. The Hall–Kier alpha value is -3.28. The minimum atomic E-state index is -0.218. The fourth-order valence-electron chi connectivity index (χ4n) is 2.63. The monoisotopic (exact) mass is 365 g/mol. The van der Waals surface area contributed by atoms with Crippen molar-refractivity contribution >= 4 is 11.6 Å². The molecule has 0 saturated heterocycles. The van der Waals surface area contributed by atoms with Crippen LogP contribution in [-0.2, 0) is 0 Å². The second-order valence-corrected chi connectivity index (χ2v) is 6.31. The van der Waals surface area contributed by atoms with Gasteiger partial charge in [-0.15, -0.1) is 0 Å². The Bertz CT molecular complexity index is 875. The van der Waals surface area contributed by atoms with E-state index in [4.69, 9.17) is 9.47 Å². The van der Waals surface area contributed by atoms with Crippen LogP contribution in [0.4, 0.5) is 5.69 Å². The zero-order chi connectivity index (χ0) is 19.1. The van der Waals surface area contributed by atoms with E-state index in [-0.39, 0.29) is 11.8 Å². The van der Waals surface area contributed by atoms with E-state index in [2.05, 4.69) is 15.5 Å². The van der Waals surface area contributed by atoms with Crippen molar-refractivity contribution in [3.8, 4) is 11.5 Å². The largest absolute Gasteiger partial charge is 0.490 e. The second kappa shape index (κ2) is 8.89. The number of nitrogens with zero attached hydrogens (tertiary/aromatic N) is 1. The van der Waals surface area contributed by atoms with E-state index in [1.807, 2.05) is 62.4 Å². The molecule has 0 spiro atoms.